The molecule has 0 radical (unpaired) electrons. The number of anilines is 1. The molecule has 0 aliphatic rings. The van der Waals surface area contributed by atoms with Crippen LogP contribution in [0, 0.1) is 6.92 Å². The zero-order valence-electron chi connectivity index (χ0n) is 21.5. The van der Waals surface area contributed by atoms with Crippen molar-refractivity contribution in [2.24, 2.45) is 0 Å². The first-order valence-corrected chi connectivity index (χ1v) is 13.4. The first-order chi connectivity index (χ1) is 17.7. The molecule has 0 aliphatic carbocycles. The van der Waals surface area contributed by atoms with E-state index in [1.807, 2.05) is 44.2 Å². The van der Waals surface area contributed by atoms with Crippen molar-refractivity contribution >= 4 is 27.5 Å². The Morgan fingerprint density at radius 2 is 1.57 bits per heavy atom. The lowest BCUT2D eigenvalue weighted by atomic mass is 10.1. The van der Waals surface area contributed by atoms with Gasteiger partial charge in [-0.25, -0.2) is 8.42 Å². The Balaban J connectivity index is 2.04. The molecular weight excluding hydrogens is 490 g/mol. The predicted octanol–water partition coefficient (Wildman–Crippen LogP) is 3.75. The van der Waals surface area contributed by atoms with Gasteiger partial charge in [-0.3, -0.25) is 13.9 Å². The van der Waals surface area contributed by atoms with Gasteiger partial charge in [-0.05, 0) is 55.3 Å². The molecule has 0 heterocycles. The van der Waals surface area contributed by atoms with Crippen LogP contribution in [0.5, 0.6) is 5.75 Å². The number of benzene rings is 3. The van der Waals surface area contributed by atoms with E-state index >= 15 is 0 Å². The number of hydrogen-bond acceptors (Lipinski definition) is 5. The van der Waals surface area contributed by atoms with E-state index in [1.54, 1.807) is 36.4 Å². The number of amides is 2. The summed E-state index contributed by atoms with van der Waals surface area (Å²) in [5, 5.41) is 2.62. The average Bonchev–Trinajstić information content (AvgIpc) is 2.92. The highest BCUT2D eigenvalue weighted by molar-refractivity contribution is 7.92. The highest BCUT2D eigenvalue weighted by Crippen LogP contribution is 2.26. The van der Waals surface area contributed by atoms with Crippen LogP contribution in [0.4, 0.5) is 5.69 Å². The SMILES string of the molecule is CC[C@H](C(=O)NC)N(Cc1ccccc1)C(=O)CN(c1ccc(C)cc1)S(=O)(=O)c1ccc(OC)cc1. The fourth-order valence-electron chi connectivity index (χ4n) is 3.98. The first kappa shape index (κ1) is 27.7. The molecule has 0 unspecified atom stereocenters. The van der Waals surface area contributed by atoms with Crippen molar-refractivity contribution in [3.8, 4) is 5.75 Å². The van der Waals surface area contributed by atoms with Crippen LogP contribution in [-0.4, -0.2) is 51.9 Å². The van der Waals surface area contributed by atoms with Crippen LogP contribution in [0.3, 0.4) is 0 Å². The molecule has 9 heteroatoms. The smallest absolute Gasteiger partial charge is 0.264 e. The number of nitrogens with zero attached hydrogens (tertiary/aromatic N) is 2. The Bertz CT molecular complexity index is 1290. The molecule has 0 saturated heterocycles. The predicted molar refractivity (Wildman–Crippen MR) is 144 cm³/mol. The maximum absolute atomic E-state index is 13.8. The van der Waals surface area contributed by atoms with Crippen LogP contribution < -0.4 is 14.4 Å². The van der Waals surface area contributed by atoms with Gasteiger partial charge in [-0.15, -0.1) is 0 Å². The highest BCUT2D eigenvalue weighted by atomic mass is 32.2. The number of rotatable bonds is 11. The molecule has 0 aliphatic heterocycles. The number of aryl methyl sites for hydroxylation is 1. The molecule has 37 heavy (non-hydrogen) atoms. The Labute approximate surface area is 218 Å². The van der Waals surface area contributed by atoms with E-state index in [-0.39, 0.29) is 17.3 Å². The standard InChI is InChI=1S/C28H33N3O5S/c1-5-26(28(33)29-3)30(19-22-9-7-6-8-10-22)27(32)20-31(23-13-11-21(2)12-14-23)37(34,35)25-17-15-24(36-4)16-18-25/h6-18,26H,5,19-20H2,1-4H3,(H,29,33)/t26-/m1/s1. The third-order valence-corrected chi connectivity index (χ3v) is 7.86. The van der Waals surface area contributed by atoms with Crippen LogP contribution in [0.25, 0.3) is 0 Å². The normalized spacial score (nSPS) is 11.9. The molecule has 0 bridgehead atoms. The quantitative estimate of drug-likeness (QED) is 0.413. The van der Waals surface area contributed by atoms with Gasteiger partial charge in [0.25, 0.3) is 10.0 Å². The summed E-state index contributed by atoms with van der Waals surface area (Å²) in [5.74, 6) is -0.286. The molecule has 3 aromatic rings. The Hall–Kier alpha value is -3.85. The van der Waals surface area contributed by atoms with Crippen molar-refractivity contribution < 1.29 is 22.7 Å². The van der Waals surface area contributed by atoms with E-state index in [1.165, 1.54) is 31.2 Å². The Morgan fingerprint density at radius 1 is 0.946 bits per heavy atom. The van der Waals surface area contributed by atoms with Crippen LogP contribution in [0.15, 0.2) is 83.8 Å². The van der Waals surface area contributed by atoms with Crippen LogP contribution in [-0.2, 0) is 26.2 Å². The fourth-order valence-corrected chi connectivity index (χ4v) is 5.40. The second-order valence-electron chi connectivity index (χ2n) is 8.57. The van der Waals surface area contributed by atoms with Crippen molar-refractivity contribution in [3.63, 3.8) is 0 Å². The number of carbonyl (C=O) groups is 2. The summed E-state index contributed by atoms with van der Waals surface area (Å²) in [6.45, 7) is 3.40. The van der Waals surface area contributed by atoms with Gasteiger partial charge in [-0.1, -0.05) is 55.0 Å². The number of hydrogen-bond donors (Lipinski definition) is 1. The summed E-state index contributed by atoms with van der Waals surface area (Å²) < 4.78 is 33.8. The minimum atomic E-state index is -4.12. The molecule has 0 spiro atoms. The van der Waals surface area contributed by atoms with Crippen molar-refractivity contribution in [1.82, 2.24) is 10.2 Å². The zero-order chi connectivity index (χ0) is 27.0. The number of ether oxygens (including phenoxy) is 1. The van der Waals surface area contributed by atoms with Gasteiger partial charge in [0.1, 0.15) is 18.3 Å². The summed E-state index contributed by atoms with van der Waals surface area (Å²) in [5.41, 5.74) is 2.13. The Kier molecular flexibility index (Phi) is 9.30. The second kappa shape index (κ2) is 12.4. The van der Waals surface area contributed by atoms with Crippen molar-refractivity contribution in [1.29, 1.82) is 0 Å². The molecule has 3 aromatic carbocycles. The number of nitrogens with one attached hydrogen (secondary N) is 1. The maximum Gasteiger partial charge on any atom is 0.264 e. The minimum Gasteiger partial charge on any atom is -0.497 e. The average molecular weight is 524 g/mol. The summed E-state index contributed by atoms with van der Waals surface area (Å²) in [7, 11) is -1.11. The third-order valence-electron chi connectivity index (χ3n) is 6.08. The van der Waals surface area contributed by atoms with Crippen LogP contribution in [0.1, 0.15) is 24.5 Å². The van der Waals surface area contributed by atoms with Crippen LogP contribution in [0.2, 0.25) is 0 Å². The van der Waals surface area contributed by atoms with E-state index in [2.05, 4.69) is 5.32 Å². The van der Waals surface area contributed by atoms with Crippen molar-refractivity contribution in [2.45, 2.75) is 37.8 Å². The maximum atomic E-state index is 13.8. The summed E-state index contributed by atoms with van der Waals surface area (Å²) in [6, 6.07) is 21.5. The van der Waals surface area contributed by atoms with Gasteiger partial charge >= 0.3 is 0 Å². The number of sulfonamides is 1. The summed E-state index contributed by atoms with van der Waals surface area (Å²) in [4.78, 5) is 28.0. The molecule has 3 rings (SSSR count). The van der Waals surface area contributed by atoms with Gasteiger partial charge in [0.15, 0.2) is 0 Å². The largest absolute Gasteiger partial charge is 0.497 e. The van der Waals surface area contributed by atoms with Gasteiger partial charge in [0, 0.05) is 13.6 Å². The topological polar surface area (TPSA) is 96.0 Å². The van der Waals surface area contributed by atoms with Gasteiger partial charge < -0.3 is 15.0 Å². The highest BCUT2D eigenvalue weighted by Gasteiger charge is 2.33. The van der Waals surface area contributed by atoms with Gasteiger partial charge in [0.2, 0.25) is 11.8 Å². The number of carbonyl (C=O) groups excluding carboxylic acids is 2. The van der Waals surface area contributed by atoms with E-state index in [0.717, 1.165) is 15.4 Å². The van der Waals surface area contributed by atoms with Crippen molar-refractivity contribution in [3.05, 3.63) is 90.0 Å². The number of methoxy groups -OCH3 is 1. The molecule has 1 atom stereocenters. The lowest BCUT2D eigenvalue weighted by molar-refractivity contribution is -0.140. The molecule has 0 fully saturated rings. The van der Waals surface area contributed by atoms with E-state index < -0.39 is 28.5 Å². The molecule has 1 N–H and O–H groups in total. The molecular formula is C28H33N3O5S. The molecule has 0 aromatic heterocycles. The molecule has 0 saturated carbocycles. The van der Waals surface area contributed by atoms with E-state index in [4.69, 9.17) is 4.74 Å². The third kappa shape index (κ3) is 6.68. The lowest BCUT2D eigenvalue weighted by Crippen LogP contribution is -2.51. The second-order valence-corrected chi connectivity index (χ2v) is 10.4. The summed E-state index contributed by atoms with van der Waals surface area (Å²) >= 11 is 0. The monoisotopic (exact) mass is 523 g/mol. The summed E-state index contributed by atoms with van der Waals surface area (Å²) in [6.07, 6.45) is 0.369. The van der Waals surface area contributed by atoms with Crippen molar-refractivity contribution in [2.75, 3.05) is 25.0 Å². The Morgan fingerprint density at radius 3 is 2.11 bits per heavy atom. The van der Waals surface area contributed by atoms with Crippen LogP contribution >= 0.6 is 0 Å². The van der Waals surface area contributed by atoms with Gasteiger partial charge in [-0.2, -0.15) is 0 Å². The molecule has 2 amide bonds. The lowest BCUT2D eigenvalue weighted by Gasteiger charge is -2.33. The van der Waals surface area contributed by atoms with Gasteiger partial charge in [0.05, 0.1) is 17.7 Å². The number of likely N-dealkylation sites (N-methyl/N-ethyl adjacent to an activating group) is 1. The van der Waals surface area contributed by atoms with E-state index in [9.17, 15) is 18.0 Å². The first-order valence-electron chi connectivity index (χ1n) is 12.0. The molecule has 196 valence electrons. The fraction of sp³-hybridized carbons (Fsp3) is 0.286. The zero-order valence-corrected chi connectivity index (χ0v) is 22.4. The van der Waals surface area contributed by atoms with E-state index in [0.29, 0.717) is 17.9 Å². The molecule has 8 nitrogen and oxygen atoms in total. The minimum absolute atomic E-state index is 0.0228.